The monoisotopic (exact) mass is 460 g/mol. The van der Waals surface area contributed by atoms with Gasteiger partial charge < -0.3 is 15.3 Å². The summed E-state index contributed by atoms with van der Waals surface area (Å²) in [6, 6.07) is 12.4. The molecule has 3 fully saturated rings. The Morgan fingerprint density at radius 1 is 1.09 bits per heavy atom. The molecule has 2 amide bonds. The third-order valence-corrected chi connectivity index (χ3v) is 8.34. The van der Waals surface area contributed by atoms with E-state index in [0.29, 0.717) is 12.2 Å². The number of amides is 2. The lowest BCUT2D eigenvalue weighted by atomic mass is 9.54. The third-order valence-electron chi connectivity index (χ3n) is 8.34. The summed E-state index contributed by atoms with van der Waals surface area (Å²) in [6.45, 7) is 0.545. The zero-order valence-electron chi connectivity index (χ0n) is 19.9. The fraction of sp³-hybridized carbons (Fsp3) is 0.538. The van der Waals surface area contributed by atoms with Gasteiger partial charge in [-0.1, -0.05) is 30.3 Å². The van der Waals surface area contributed by atoms with Crippen molar-refractivity contribution in [3.8, 4) is 6.07 Å². The van der Waals surface area contributed by atoms with Crippen LogP contribution in [-0.2, 0) is 5.41 Å². The molecule has 5 rings (SSSR count). The molecule has 8 heteroatoms. The van der Waals surface area contributed by atoms with Crippen LogP contribution < -0.4 is 10.2 Å². The number of carbonyl (C=O) groups excluding carboxylic acids is 1. The summed E-state index contributed by atoms with van der Waals surface area (Å²) in [4.78, 5) is 24.9. The van der Waals surface area contributed by atoms with E-state index in [-0.39, 0.29) is 28.9 Å². The van der Waals surface area contributed by atoms with Crippen LogP contribution in [-0.4, -0.2) is 63.8 Å². The molecule has 2 saturated carbocycles. The van der Waals surface area contributed by atoms with Gasteiger partial charge in [0.25, 0.3) is 0 Å². The van der Waals surface area contributed by atoms with Crippen molar-refractivity contribution in [2.24, 2.45) is 0 Å². The number of aliphatic hydroxyl groups is 1. The second kappa shape index (κ2) is 8.33. The average molecular weight is 461 g/mol. The van der Waals surface area contributed by atoms with Gasteiger partial charge in [-0.2, -0.15) is 5.26 Å². The number of nitriles is 1. The molecule has 34 heavy (non-hydrogen) atoms. The SMILES string of the molecule is CN(C)C(C1(O)CCC1)C1(c2ccccc2)CCC2(CC1)CN(c1cnc(C#N)nc1)C(=O)N2. The highest BCUT2D eigenvalue weighted by molar-refractivity contribution is 5.95. The molecule has 1 saturated heterocycles. The number of rotatable bonds is 5. The van der Waals surface area contributed by atoms with E-state index in [0.717, 1.165) is 44.9 Å². The fourth-order valence-electron chi connectivity index (χ4n) is 6.68. The van der Waals surface area contributed by atoms with Crippen LogP contribution in [0, 0.1) is 11.3 Å². The Morgan fingerprint density at radius 2 is 1.74 bits per heavy atom. The van der Waals surface area contributed by atoms with E-state index in [1.165, 1.54) is 18.0 Å². The van der Waals surface area contributed by atoms with Crippen molar-refractivity contribution in [1.82, 2.24) is 20.2 Å². The zero-order chi connectivity index (χ0) is 24.0. The van der Waals surface area contributed by atoms with Crippen molar-refractivity contribution in [1.29, 1.82) is 5.26 Å². The second-order valence-corrected chi connectivity index (χ2v) is 10.5. The van der Waals surface area contributed by atoms with Crippen LogP contribution in [0.15, 0.2) is 42.7 Å². The van der Waals surface area contributed by atoms with E-state index in [9.17, 15) is 9.90 Å². The maximum atomic E-state index is 12.9. The molecule has 1 aliphatic heterocycles. The molecule has 1 spiro atoms. The second-order valence-electron chi connectivity index (χ2n) is 10.5. The smallest absolute Gasteiger partial charge is 0.322 e. The Balaban J connectivity index is 1.43. The minimum absolute atomic E-state index is 0.00799. The quantitative estimate of drug-likeness (QED) is 0.711. The molecule has 2 N–H and O–H groups in total. The largest absolute Gasteiger partial charge is 0.388 e. The predicted octanol–water partition coefficient (Wildman–Crippen LogP) is 2.97. The maximum absolute atomic E-state index is 12.9. The Hall–Kier alpha value is -3.02. The van der Waals surface area contributed by atoms with Gasteiger partial charge in [-0.3, -0.25) is 4.90 Å². The van der Waals surface area contributed by atoms with Gasteiger partial charge in [-0.15, -0.1) is 0 Å². The number of likely N-dealkylation sites (N-methyl/N-ethyl adjacent to an activating group) is 1. The van der Waals surface area contributed by atoms with Crippen LogP contribution in [0.25, 0.3) is 0 Å². The number of aromatic nitrogens is 2. The highest BCUT2D eigenvalue weighted by Gasteiger charge is 2.58. The van der Waals surface area contributed by atoms with Gasteiger partial charge in [0.15, 0.2) is 0 Å². The van der Waals surface area contributed by atoms with Gasteiger partial charge in [0, 0.05) is 11.5 Å². The number of benzene rings is 1. The molecule has 2 heterocycles. The first-order chi connectivity index (χ1) is 16.3. The van der Waals surface area contributed by atoms with Gasteiger partial charge in [0.2, 0.25) is 5.82 Å². The van der Waals surface area contributed by atoms with E-state index >= 15 is 0 Å². The highest BCUT2D eigenvalue weighted by atomic mass is 16.3. The van der Waals surface area contributed by atoms with Gasteiger partial charge in [0.05, 0.1) is 35.8 Å². The van der Waals surface area contributed by atoms with Gasteiger partial charge in [-0.25, -0.2) is 14.8 Å². The summed E-state index contributed by atoms with van der Waals surface area (Å²) in [5.74, 6) is 0.0898. The standard InChI is InChI=1S/C26H32N6O2/c1-31(2)22(26(34)9-6-10-26)25(19-7-4-3-5-8-19)13-11-24(12-14-25)18-32(23(33)30-24)20-16-28-21(15-27)29-17-20/h3-5,7-8,16-17,22,34H,6,9-14,18H2,1-2H3,(H,30,33). The Morgan fingerprint density at radius 3 is 2.26 bits per heavy atom. The first kappa shape index (κ1) is 22.8. The lowest BCUT2D eigenvalue weighted by Crippen LogP contribution is -2.66. The van der Waals surface area contributed by atoms with Crippen molar-refractivity contribution in [2.45, 2.75) is 67.5 Å². The first-order valence-corrected chi connectivity index (χ1v) is 12.1. The van der Waals surface area contributed by atoms with Crippen LogP contribution >= 0.6 is 0 Å². The van der Waals surface area contributed by atoms with Crippen LogP contribution in [0.1, 0.15) is 56.3 Å². The van der Waals surface area contributed by atoms with Crippen molar-refractivity contribution in [3.63, 3.8) is 0 Å². The normalized spacial score (nSPS) is 28.9. The van der Waals surface area contributed by atoms with Gasteiger partial charge >= 0.3 is 6.03 Å². The molecule has 0 bridgehead atoms. The molecule has 1 aromatic heterocycles. The molecule has 178 valence electrons. The number of urea groups is 1. The van der Waals surface area contributed by atoms with Crippen LogP contribution in [0.2, 0.25) is 0 Å². The fourth-order valence-corrected chi connectivity index (χ4v) is 6.68. The summed E-state index contributed by atoms with van der Waals surface area (Å²) in [5, 5.41) is 23.8. The lowest BCUT2D eigenvalue weighted by molar-refractivity contribution is -0.125. The van der Waals surface area contributed by atoms with Crippen molar-refractivity contribution >= 4 is 11.7 Å². The number of nitrogens with zero attached hydrogens (tertiary/aromatic N) is 5. The topological polar surface area (TPSA) is 105 Å². The van der Waals surface area contributed by atoms with E-state index in [2.05, 4.69) is 58.5 Å². The predicted molar refractivity (Wildman–Crippen MR) is 128 cm³/mol. The molecule has 1 aromatic carbocycles. The molecule has 8 nitrogen and oxygen atoms in total. The van der Waals surface area contributed by atoms with Crippen LogP contribution in [0.5, 0.6) is 0 Å². The number of carbonyl (C=O) groups is 1. The number of anilines is 1. The van der Waals surface area contributed by atoms with Crippen LogP contribution in [0.3, 0.4) is 0 Å². The van der Waals surface area contributed by atoms with Gasteiger partial charge in [-0.05, 0) is 64.6 Å². The van der Waals surface area contributed by atoms with Crippen molar-refractivity contribution in [2.75, 3.05) is 25.5 Å². The van der Waals surface area contributed by atoms with E-state index in [1.54, 1.807) is 4.90 Å². The molecule has 2 aliphatic carbocycles. The summed E-state index contributed by atoms with van der Waals surface area (Å²) < 4.78 is 0. The molecule has 1 atom stereocenters. The minimum atomic E-state index is -0.686. The molecule has 2 aromatic rings. The first-order valence-electron chi connectivity index (χ1n) is 12.1. The zero-order valence-corrected chi connectivity index (χ0v) is 19.9. The van der Waals surface area contributed by atoms with Crippen molar-refractivity contribution in [3.05, 3.63) is 54.1 Å². The Kier molecular flexibility index (Phi) is 5.58. The minimum Gasteiger partial charge on any atom is -0.388 e. The Labute approximate surface area is 200 Å². The van der Waals surface area contributed by atoms with E-state index in [1.807, 2.05) is 12.1 Å². The molecule has 3 aliphatic rings. The number of hydrogen-bond donors (Lipinski definition) is 2. The molecule has 0 radical (unpaired) electrons. The van der Waals surface area contributed by atoms with Crippen LogP contribution in [0.4, 0.5) is 10.5 Å². The molecule has 1 unspecified atom stereocenters. The summed E-state index contributed by atoms with van der Waals surface area (Å²) in [7, 11) is 4.17. The molecular weight excluding hydrogens is 428 g/mol. The summed E-state index contributed by atoms with van der Waals surface area (Å²) in [5.41, 5.74) is 0.659. The maximum Gasteiger partial charge on any atom is 0.322 e. The highest BCUT2D eigenvalue weighted by Crippen LogP contribution is 2.53. The number of nitrogens with one attached hydrogen (secondary N) is 1. The van der Waals surface area contributed by atoms with Crippen molar-refractivity contribution < 1.29 is 9.90 Å². The third kappa shape index (κ3) is 3.64. The van der Waals surface area contributed by atoms with E-state index < -0.39 is 5.60 Å². The number of hydrogen-bond acceptors (Lipinski definition) is 6. The molecular formula is C26H32N6O2. The summed E-state index contributed by atoms with van der Waals surface area (Å²) >= 11 is 0. The van der Waals surface area contributed by atoms with Gasteiger partial charge in [0.1, 0.15) is 6.07 Å². The Bertz CT molecular complexity index is 1080. The lowest BCUT2D eigenvalue weighted by Gasteiger charge is -2.58. The van der Waals surface area contributed by atoms with E-state index in [4.69, 9.17) is 5.26 Å². The summed E-state index contributed by atoms with van der Waals surface area (Å²) in [6.07, 6.45) is 9.19. The average Bonchev–Trinajstić information content (AvgIpc) is 3.15.